The van der Waals surface area contributed by atoms with E-state index in [4.69, 9.17) is 5.11 Å². The molecule has 0 atom stereocenters. The first-order chi connectivity index (χ1) is 8.20. The number of thioether (sulfide) groups is 1. The number of carbonyl (C=O) groups is 1. The van der Waals surface area contributed by atoms with Crippen molar-refractivity contribution in [3.63, 3.8) is 0 Å². The molecule has 1 aliphatic rings. The summed E-state index contributed by atoms with van der Waals surface area (Å²) in [5.74, 6) is 1.47. The van der Waals surface area contributed by atoms with Gasteiger partial charge in [-0.05, 0) is 29.0 Å². The molecule has 0 spiro atoms. The molecule has 0 bridgehead atoms. The fourth-order valence-corrected chi connectivity index (χ4v) is 2.77. The summed E-state index contributed by atoms with van der Waals surface area (Å²) in [5.41, 5.74) is 2.84. The first kappa shape index (κ1) is 12.5. The highest BCUT2D eigenvalue weighted by Gasteiger charge is 2.19. The van der Waals surface area contributed by atoms with E-state index in [0.29, 0.717) is 5.56 Å². The lowest BCUT2D eigenvalue weighted by Crippen LogP contribution is -2.19. The second-order valence-electron chi connectivity index (χ2n) is 4.20. The molecule has 1 N–H and O–H groups in total. The zero-order chi connectivity index (χ0) is 12.3. The number of fused-ring (bicyclic) bond motifs is 1. The zero-order valence-corrected chi connectivity index (χ0v) is 10.8. The Morgan fingerprint density at radius 3 is 2.88 bits per heavy atom. The van der Waals surface area contributed by atoms with Crippen molar-refractivity contribution < 1.29 is 9.90 Å². The zero-order valence-electron chi connectivity index (χ0n) is 9.98. The molecular formula is C13H17NO2S. The maximum Gasteiger partial charge on any atom is 0.335 e. The molecule has 1 aromatic carbocycles. The van der Waals surface area contributed by atoms with Gasteiger partial charge in [0, 0.05) is 25.4 Å². The van der Waals surface area contributed by atoms with Crippen LogP contribution in [0.5, 0.6) is 0 Å². The normalized spacial score (nSPS) is 14.9. The Bertz CT molecular complexity index is 420. The summed E-state index contributed by atoms with van der Waals surface area (Å²) in [6.45, 7) is 5.10. The summed E-state index contributed by atoms with van der Waals surface area (Å²) in [6.07, 6.45) is 0. The molecule has 3 nitrogen and oxygen atoms in total. The van der Waals surface area contributed by atoms with Crippen LogP contribution in [0.15, 0.2) is 18.2 Å². The number of benzene rings is 1. The van der Waals surface area contributed by atoms with E-state index >= 15 is 0 Å². The van der Waals surface area contributed by atoms with Gasteiger partial charge in [-0.2, -0.15) is 11.8 Å². The minimum absolute atomic E-state index is 0.397. The second-order valence-corrected chi connectivity index (χ2v) is 5.59. The molecule has 92 valence electrons. The number of hydrogen-bond acceptors (Lipinski definition) is 3. The van der Waals surface area contributed by atoms with Crippen LogP contribution in [0.4, 0.5) is 0 Å². The number of hydrogen-bond donors (Lipinski definition) is 1. The van der Waals surface area contributed by atoms with Crippen LogP contribution in [0.2, 0.25) is 0 Å². The molecule has 0 fully saturated rings. The average molecular weight is 251 g/mol. The molecule has 1 aliphatic heterocycles. The summed E-state index contributed by atoms with van der Waals surface area (Å²) in [5, 5.41) is 8.94. The van der Waals surface area contributed by atoms with Crippen molar-refractivity contribution >= 4 is 17.7 Å². The number of aromatic carboxylic acids is 1. The van der Waals surface area contributed by atoms with E-state index < -0.39 is 5.97 Å². The van der Waals surface area contributed by atoms with Crippen LogP contribution >= 0.6 is 11.8 Å². The SMILES string of the molecule is CCSCCN1Cc2ccc(C(=O)O)cc2C1. The van der Waals surface area contributed by atoms with Gasteiger partial charge in [-0.3, -0.25) is 4.90 Å². The van der Waals surface area contributed by atoms with Crippen LogP contribution in [-0.4, -0.2) is 34.0 Å². The van der Waals surface area contributed by atoms with Crippen molar-refractivity contribution in [3.8, 4) is 0 Å². The Hall–Kier alpha value is -1.00. The van der Waals surface area contributed by atoms with Crippen LogP contribution in [-0.2, 0) is 13.1 Å². The first-order valence-corrected chi connectivity index (χ1v) is 7.01. The Morgan fingerprint density at radius 2 is 2.18 bits per heavy atom. The fraction of sp³-hybridized carbons (Fsp3) is 0.462. The standard InChI is InChI=1S/C13H17NO2S/c1-2-17-6-5-14-8-11-4-3-10(13(15)16)7-12(11)9-14/h3-4,7H,2,5-6,8-9H2,1H3,(H,15,16). The van der Waals surface area contributed by atoms with Gasteiger partial charge in [0.15, 0.2) is 0 Å². The quantitative estimate of drug-likeness (QED) is 0.816. The maximum absolute atomic E-state index is 10.9. The molecule has 0 amide bonds. The molecule has 1 heterocycles. The smallest absolute Gasteiger partial charge is 0.335 e. The third-order valence-corrected chi connectivity index (χ3v) is 3.88. The van der Waals surface area contributed by atoms with Crippen molar-refractivity contribution in [2.75, 3.05) is 18.1 Å². The van der Waals surface area contributed by atoms with Gasteiger partial charge in [0.2, 0.25) is 0 Å². The molecule has 2 rings (SSSR count). The highest BCUT2D eigenvalue weighted by Crippen LogP contribution is 2.24. The number of nitrogens with zero attached hydrogens (tertiary/aromatic N) is 1. The van der Waals surface area contributed by atoms with Crippen LogP contribution in [0.1, 0.15) is 28.4 Å². The molecule has 0 aliphatic carbocycles. The van der Waals surface area contributed by atoms with E-state index in [2.05, 4.69) is 11.8 Å². The van der Waals surface area contributed by atoms with Gasteiger partial charge in [-0.15, -0.1) is 0 Å². The van der Waals surface area contributed by atoms with Gasteiger partial charge in [0.05, 0.1) is 5.56 Å². The minimum atomic E-state index is -0.840. The highest BCUT2D eigenvalue weighted by atomic mass is 32.2. The monoisotopic (exact) mass is 251 g/mol. The number of carboxylic acid groups (broad SMARTS) is 1. The molecule has 0 unspecified atom stereocenters. The maximum atomic E-state index is 10.9. The Balaban J connectivity index is 1.99. The Labute approximate surface area is 106 Å². The van der Waals surface area contributed by atoms with Crippen molar-refractivity contribution in [3.05, 3.63) is 34.9 Å². The third-order valence-electron chi connectivity index (χ3n) is 3.00. The molecule has 0 radical (unpaired) electrons. The molecular weight excluding hydrogens is 234 g/mol. The van der Waals surface area contributed by atoms with E-state index in [1.165, 1.54) is 11.1 Å². The van der Waals surface area contributed by atoms with Crippen LogP contribution < -0.4 is 0 Å². The van der Waals surface area contributed by atoms with Crippen LogP contribution in [0, 0.1) is 0 Å². The van der Waals surface area contributed by atoms with Crippen LogP contribution in [0.3, 0.4) is 0 Å². The van der Waals surface area contributed by atoms with E-state index in [-0.39, 0.29) is 0 Å². The topological polar surface area (TPSA) is 40.5 Å². The van der Waals surface area contributed by atoms with Gasteiger partial charge in [0.1, 0.15) is 0 Å². The summed E-state index contributed by atoms with van der Waals surface area (Å²) >= 11 is 1.95. The van der Waals surface area contributed by atoms with E-state index in [1.807, 2.05) is 23.9 Å². The minimum Gasteiger partial charge on any atom is -0.478 e. The molecule has 0 saturated heterocycles. The van der Waals surface area contributed by atoms with Crippen molar-refractivity contribution in [2.24, 2.45) is 0 Å². The lowest BCUT2D eigenvalue weighted by molar-refractivity contribution is 0.0697. The lowest BCUT2D eigenvalue weighted by Gasteiger charge is -2.13. The Morgan fingerprint density at radius 1 is 1.41 bits per heavy atom. The van der Waals surface area contributed by atoms with Gasteiger partial charge >= 0.3 is 5.97 Å². The first-order valence-electron chi connectivity index (χ1n) is 5.86. The van der Waals surface area contributed by atoms with E-state index in [1.54, 1.807) is 6.07 Å². The van der Waals surface area contributed by atoms with Crippen molar-refractivity contribution in [1.29, 1.82) is 0 Å². The van der Waals surface area contributed by atoms with E-state index in [9.17, 15) is 4.79 Å². The molecule has 1 aromatic rings. The molecule has 0 aromatic heterocycles. The van der Waals surface area contributed by atoms with Gasteiger partial charge in [-0.1, -0.05) is 13.0 Å². The summed E-state index contributed by atoms with van der Waals surface area (Å²) < 4.78 is 0. The summed E-state index contributed by atoms with van der Waals surface area (Å²) in [7, 11) is 0. The summed E-state index contributed by atoms with van der Waals surface area (Å²) in [6, 6.07) is 5.46. The number of rotatable bonds is 5. The predicted octanol–water partition coefficient (Wildman–Crippen LogP) is 2.45. The van der Waals surface area contributed by atoms with Gasteiger partial charge < -0.3 is 5.11 Å². The molecule has 0 saturated carbocycles. The second kappa shape index (κ2) is 5.56. The largest absolute Gasteiger partial charge is 0.478 e. The third kappa shape index (κ3) is 3.01. The van der Waals surface area contributed by atoms with E-state index in [0.717, 1.165) is 31.1 Å². The van der Waals surface area contributed by atoms with Crippen molar-refractivity contribution in [1.82, 2.24) is 4.90 Å². The molecule has 4 heteroatoms. The Kier molecular flexibility index (Phi) is 4.07. The highest BCUT2D eigenvalue weighted by molar-refractivity contribution is 7.99. The lowest BCUT2D eigenvalue weighted by atomic mass is 10.1. The summed E-state index contributed by atoms with van der Waals surface area (Å²) in [4.78, 5) is 13.3. The molecule has 17 heavy (non-hydrogen) atoms. The predicted molar refractivity (Wildman–Crippen MR) is 70.5 cm³/mol. The van der Waals surface area contributed by atoms with Crippen molar-refractivity contribution in [2.45, 2.75) is 20.0 Å². The van der Waals surface area contributed by atoms with Gasteiger partial charge in [0.25, 0.3) is 0 Å². The average Bonchev–Trinajstić information content (AvgIpc) is 2.70. The fourth-order valence-electron chi connectivity index (χ4n) is 2.09. The number of carboxylic acids is 1. The van der Waals surface area contributed by atoms with Gasteiger partial charge in [-0.25, -0.2) is 4.79 Å². The van der Waals surface area contributed by atoms with Crippen LogP contribution in [0.25, 0.3) is 0 Å².